The van der Waals surface area contributed by atoms with Crippen LogP contribution in [-0.4, -0.2) is 51.8 Å². The van der Waals surface area contributed by atoms with E-state index >= 15 is 4.39 Å². The highest BCUT2D eigenvalue weighted by molar-refractivity contribution is 6.31. The number of ketones is 1. The molecule has 0 aliphatic heterocycles. The van der Waals surface area contributed by atoms with Crippen molar-refractivity contribution in [2.75, 3.05) is 13.1 Å². The Labute approximate surface area is 353 Å². The van der Waals surface area contributed by atoms with Crippen LogP contribution in [0.5, 0.6) is 5.75 Å². The molecule has 59 heavy (non-hydrogen) atoms. The number of benzene rings is 4. The normalized spacial score (nSPS) is 28.9. The maximum atomic E-state index is 15.1. The number of nitrogens with zero attached hydrogens (tertiary/aromatic N) is 1. The van der Waals surface area contributed by atoms with Gasteiger partial charge in [-0.15, -0.1) is 0 Å². The van der Waals surface area contributed by atoms with Crippen molar-refractivity contribution in [2.24, 2.45) is 28.6 Å². The molecule has 4 aromatic carbocycles. The molecule has 0 heterocycles. The topological polar surface area (TPSA) is 87.1 Å². The molecule has 8 heteroatoms. The summed E-state index contributed by atoms with van der Waals surface area (Å²) < 4.78 is 21.3. The zero-order chi connectivity index (χ0) is 41.7. The van der Waals surface area contributed by atoms with Gasteiger partial charge in [0, 0.05) is 34.5 Å². The van der Waals surface area contributed by atoms with Crippen LogP contribution in [-0.2, 0) is 12.8 Å². The van der Waals surface area contributed by atoms with E-state index in [4.69, 9.17) is 16.3 Å². The van der Waals surface area contributed by atoms with Gasteiger partial charge in [0.2, 0.25) is 0 Å². The number of halogens is 2. The Kier molecular flexibility index (Phi) is 11.6. The summed E-state index contributed by atoms with van der Waals surface area (Å²) in [5, 5.41) is 26.6. The van der Waals surface area contributed by atoms with E-state index < -0.39 is 29.0 Å². The average Bonchev–Trinajstić information content (AvgIpc) is 3.46. The van der Waals surface area contributed by atoms with E-state index in [2.05, 4.69) is 33.8 Å². The summed E-state index contributed by atoms with van der Waals surface area (Å²) in [6.45, 7) is 9.55. The third-order valence-electron chi connectivity index (χ3n) is 15.5. The molecule has 10 rings (SSSR count). The zero-order valence-electron chi connectivity index (χ0n) is 35.0. The van der Waals surface area contributed by atoms with Gasteiger partial charge in [-0.25, -0.2) is 9.18 Å². The second kappa shape index (κ2) is 16.4. The lowest BCUT2D eigenvalue weighted by Crippen LogP contribution is -2.58. The number of carbonyl (C=O) groups is 2. The predicted octanol–water partition coefficient (Wildman–Crippen LogP) is 11.7. The molecule has 6 aliphatic carbocycles. The molecule has 6 nitrogen and oxygen atoms in total. The van der Waals surface area contributed by atoms with Crippen LogP contribution < -0.4 is 4.74 Å². The third-order valence-corrected chi connectivity index (χ3v) is 15.8. The first-order valence-corrected chi connectivity index (χ1v) is 22.1. The van der Waals surface area contributed by atoms with E-state index in [9.17, 15) is 19.8 Å². The van der Waals surface area contributed by atoms with Gasteiger partial charge in [-0.1, -0.05) is 92.6 Å². The van der Waals surface area contributed by atoms with E-state index in [0.29, 0.717) is 74.1 Å². The number of aliphatic hydroxyl groups is 2. The van der Waals surface area contributed by atoms with Gasteiger partial charge in [0.05, 0.1) is 18.2 Å². The molecule has 7 atom stereocenters. The molecule has 312 valence electrons. The minimum atomic E-state index is -1.32. The summed E-state index contributed by atoms with van der Waals surface area (Å²) in [4.78, 5) is 30.8. The fourth-order valence-corrected chi connectivity index (χ4v) is 11.8. The molecule has 0 radical (unpaired) electrons. The van der Waals surface area contributed by atoms with Gasteiger partial charge in [-0.2, -0.15) is 0 Å². The van der Waals surface area contributed by atoms with Crippen molar-refractivity contribution in [3.05, 3.63) is 124 Å². The summed E-state index contributed by atoms with van der Waals surface area (Å²) in [5.41, 5.74) is 1.56. The highest BCUT2D eigenvalue weighted by Crippen LogP contribution is 2.62. The molecule has 4 bridgehead atoms. The van der Waals surface area contributed by atoms with Crippen molar-refractivity contribution >= 4 is 34.2 Å². The molecule has 7 unspecified atom stereocenters. The first-order valence-electron chi connectivity index (χ1n) is 21.8. The Morgan fingerprint density at radius 3 is 2.49 bits per heavy atom. The standard InChI is InChI=1S/C51H59ClFNO5/c1-32-9-8-23-50(4)43(40-21-15-33(25-38(55)19-14-32)26-41(40)47(56)29-42-45(52)12-7-13-46(42)53)22-24-51(50,58)31-54(30-36-16-18-37-28-44(36)49(37,2)3)48(57)59-39-20-17-34-10-5-6-11-35(34)27-39/h5-7,9-13,15,17,20-21,26-27,36-38,43-44,55,58H,8,14,16,18-19,22-25,28-31H2,1-4H3. The molecule has 1 amide bonds. The van der Waals surface area contributed by atoms with Crippen LogP contribution in [0.25, 0.3) is 10.8 Å². The number of carbonyl (C=O) groups excluding carboxylic acids is 2. The lowest BCUT2D eigenvalue weighted by atomic mass is 9.45. The molecule has 4 fully saturated rings. The summed E-state index contributed by atoms with van der Waals surface area (Å²) in [6.07, 6.45) is 8.31. The number of allylic oxidation sites excluding steroid dienone is 2. The van der Waals surface area contributed by atoms with Gasteiger partial charge in [0.1, 0.15) is 11.6 Å². The summed E-state index contributed by atoms with van der Waals surface area (Å²) in [7, 11) is 0. The minimum absolute atomic E-state index is 0.0978. The maximum absolute atomic E-state index is 15.1. The molecule has 6 aliphatic rings. The Bertz CT molecular complexity index is 2250. The summed E-state index contributed by atoms with van der Waals surface area (Å²) in [6, 6.07) is 24.0. The fourth-order valence-electron chi connectivity index (χ4n) is 11.6. The largest absolute Gasteiger partial charge is 0.415 e. The zero-order valence-corrected chi connectivity index (χ0v) is 35.7. The molecule has 4 aromatic rings. The molecular weight excluding hydrogens is 761 g/mol. The fraction of sp³-hybridized carbons (Fsp3) is 0.490. The maximum Gasteiger partial charge on any atom is 0.415 e. The van der Waals surface area contributed by atoms with Gasteiger partial charge in [-0.05, 0) is 152 Å². The Morgan fingerprint density at radius 1 is 0.932 bits per heavy atom. The number of rotatable bonds is 8. The lowest BCUT2D eigenvalue weighted by Gasteiger charge is -2.60. The average molecular weight is 820 g/mol. The van der Waals surface area contributed by atoms with Crippen LogP contribution in [0.3, 0.4) is 0 Å². The Morgan fingerprint density at radius 2 is 1.73 bits per heavy atom. The molecular formula is C51H59ClFNO5. The number of aliphatic hydroxyl groups excluding tert-OH is 1. The molecule has 4 saturated carbocycles. The van der Waals surface area contributed by atoms with Crippen LogP contribution in [0.15, 0.2) is 90.5 Å². The van der Waals surface area contributed by atoms with Crippen LogP contribution >= 0.6 is 11.6 Å². The number of hydrogen-bond donors (Lipinski definition) is 2. The first kappa shape index (κ1) is 41.7. The van der Waals surface area contributed by atoms with E-state index in [-0.39, 0.29) is 40.7 Å². The van der Waals surface area contributed by atoms with E-state index in [0.717, 1.165) is 41.2 Å². The van der Waals surface area contributed by atoms with Gasteiger partial charge < -0.3 is 19.8 Å². The summed E-state index contributed by atoms with van der Waals surface area (Å²) in [5.74, 6) is 0.923. The van der Waals surface area contributed by atoms with Gasteiger partial charge >= 0.3 is 6.09 Å². The quantitative estimate of drug-likeness (QED) is 0.137. The molecule has 0 aromatic heterocycles. The van der Waals surface area contributed by atoms with Gasteiger partial charge in [-0.3, -0.25) is 4.79 Å². The van der Waals surface area contributed by atoms with Crippen molar-refractivity contribution in [1.29, 1.82) is 0 Å². The van der Waals surface area contributed by atoms with Crippen molar-refractivity contribution < 1.29 is 28.9 Å². The minimum Gasteiger partial charge on any atom is -0.410 e. The van der Waals surface area contributed by atoms with Crippen LogP contribution in [0.4, 0.5) is 9.18 Å². The molecule has 2 N–H and O–H groups in total. The molecule has 0 spiro atoms. The van der Waals surface area contributed by atoms with Crippen LogP contribution in [0, 0.1) is 34.4 Å². The van der Waals surface area contributed by atoms with Crippen molar-refractivity contribution in [3.8, 4) is 5.75 Å². The van der Waals surface area contributed by atoms with Crippen molar-refractivity contribution in [3.63, 3.8) is 0 Å². The smallest absolute Gasteiger partial charge is 0.410 e. The number of ether oxygens (including phenoxy) is 1. The number of Topliss-reactive ketones (excluding diaryl/α,β-unsaturated/α-hetero) is 1. The number of amides is 1. The van der Waals surface area contributed by atoms with Gasteiger partial charge in [0.25, 0.3) is 0 Å². The Hall–Kier alpha value is -4.04. The second-order valence-electron chi connectivity index (χ2n) is 19.2. The van der Waals surface area contributed by atoms with E-state index in [1.165, 1.54) is 24.1 Å². The molecule has 0 saturated heterocycles. The van der Waals surface area contributed by atoms with E-state index in [1.54, 1.807) is 11.0 Å². The second-order valence-corrected chi connectivity index (χ2v) is 19.6. The Balaban J connectivity index is 1.16. The van der Waals surface area contributed by atoms with Crippen LogP contribution in [0.1, 0.15) is 118 Å². The van der Waals surface area contributed by atoms with Gasteiger partial charge in [0.15, 0.2) is 5.78 Å². The summed E-state index contributed by atoms with van der Waals surface area (Å²) >= 11 is 6.45. The first-order chi connectivity index (χ1) is 28.1. The lowest BCUT2D eigenvalue weighted by molar-refractivity contribution is -0.119. The predicted molar refractivity (Wildman–Crippen MR) is 233 cm³/mol. The van der Waals surface area contributed by atoms with Crippen LogP contribution in [0.2, 0.25) is 5.02 Å². The highest BCUT2D eigenvalue weighted by atomic mass is 35.5. The highest BCUT2D eigenvalue weighted by Gasteiger charge is 2.59. The van der Waals surface area contributed by atoms with E-state index in [1.807, 2.05) is 60.7 Å². The SMILES string of the molecule is CC1=CCCC2(C)C(CCC2(O)CN(CC2CCC3CC2C3(C)C)C(=O)Oc2ccc3ccccc3c2)c2ccc(cc2C(=O)Cc2c(F)cccc2Cl)CC(O)CC1. The third kappa shape index (κ3) is 8.12. The number of hydrogen-bond acceptors (Lipinski definition) is 5. The van der Waals surface area contributed by atoms with Crippen molar-refractivity contribution in [1.82, 2.24) is 4.90 Å². The number of fused-ring (bicyclic) bond motifs is 11. The monoisotopic (exact) mass is 819 g/mol. The van der Waals surface area contributed by atoms with Crippen molar-refractivity contribution in [2.45, 2.75) is 116 Å².